The van der Waals surface area contributed by atoms with Crippen LogP contribution in [0.1, 0.15) is 47.3 Å². The molecule has 0 aliphatic carbocycles. The number of aryl methyl sites for hydroxylation is 1. The number of hydrogen-bond donors (Lipinski definition) is 0. The summed E-state index contributed by atoms with van der Waals surface area (Å²) in [4.78, 5) is 0. The van der Waals surface area contributed by atoms with Crippen molar-refractivity contribution in [3.05, 3.63) is 119 Å². The summed E-state index contributed by atoms with van der Waals surface area (Å²) in [7, 11) is 0. The molecule has 29 heavy (non-hydrogen) atoms. The molecular weight excluding hydrogens is 362 g/mol. The molecule has 0 heterocycles. The number of benzene rings is 3. The van der Waals surface area contributed by atoms with Crippen LogP contribution in [0.5, 0.6) is 0 Å². The first kappa shape index (κ1) is 20.7. The van der Waals surface area contributed by atoms with Gasteiger partial charge >= 0.3 is 0 Å². The standard InChI is InChI=1S/C27H26F2/c1-2-3-5-8-25-18-17-23(20-27(25)29)16-13-21-11-14-22(15-12-21)19-26(28)24-9-6-4-7-10-24/h2-4,6-7,9-18,20,26H,5,8,19H2,1H3/b3-2+,16-13?/t26-/m0/s1. The van der Waals surface area contributed by atoms with Gasteiger partial charge in [0, 0.05) is 6.42 Å². The van der Waals surface area contributed by atoms with Crippen molar-refractivity contribution in [3.8, 4) is 0 Å². The molecule has 3 rings (SSSR count). The Kier molecular flexibility index (Phi) is 7.52. The molecule has 0 aromatic heterocycles. The van der Waals surface area contributed by atoms with Gasteiger partial charge in [-0.1, -0.05) is 91.0 Å². The van der Waals surface area contributed by atoms with Gasteiger partial charge in [0.1, 0.15) is 12.0 Å². The zero-order valence-electron chi connectivity index (χ0n) is 16.7. The summed E-state index contributed by atoms with van der Waals surface area (Å²) in [6.45, 7) is 1.97. The molecule has 3 aromatic rings. The van der Waals surface area contributed by atoms with Crippen LogP contribution in [-0.4, -0.2) is 0 Å². The number of allylic oxidation sites excluding steroid dienone is 2. The van der Waals surface area contributed by atoms with Crippen LogP contribution in [0, 0.1) is 5.82 Å². The van der Waals surface area contributed by atoms with Gasteiger partial charge in [0.15, 0.2) is 0 Å². The number of alkyl halides is 1. The van der Waals surface area contributed by atoms with Gasteiger partial charge in [-0.2, -0.15) is 0 Å². The van der Waals surface area contributed by atoms with E-state index in [1.54, 1.807) is 6.07 Å². The Morgan fingerprint density at radius 1 is 0.862 bits per heavy atom. The van der Waals surface area contributed by atoms with Gasteiger partial charge in [0.25, 0.3) is 0 Å². The van der Waals surface area contributed by atoms with E-state index in [0.717, 1.165) is 28.7 Å². The highest BCUT2D eigenvalue weighted by molar-refractivity contribution is 5.69. The largest absolute Gasteiger partial charge is 0.242 e. The Hall–Kier alpha value is -3.00. The maximum atomic E-state index is 14.4. The normalized spacial score (nSPS) is 12.7. The average Bonchev–Trinajstić information content (AvgIpc) is 2.75. The van der Waals surface area contributed by atoms with Crippen LogP contribution in [0.4, 0.5) is 8.78 Å². The highest BCUT2D eigenvalue weighted by Gasteiger charge is 2.09. The van der Waals surface area contributed by atoms with Crippen molar-refractivity contribution < 1.29 is 8.78 Å². The van der Waals surface area contributed by atoms with Crippen molar-refractivity contribution >= 4 is 12.2 Å². The molecule has 0 amide bonds. The Morgan fingerprint density at radius 3 is 2.24 bits per heavy atom. The van der Waals surface area contributed by atoms with E-state index in [9.17, 15) is 8.78 Å². The van der Waals surface area contributed by atoms with Crippen LogP contribution in [0.25, 0.3) is 12.2 Å². The summed E-state index contributed by atoms with van der Waals surface area (Å²) in [5.74, 6) is -0.165. The van der Waals surface area contributed by atoms with Crippen LogP contribution in [-0.2, 0) is 12.8 Å². The second kappa shape index (κ2) is 10.5. The Balaban J connectivity index is 1.60. The van der Waals surface area contributed by atoms with E-state index in [0.29, 0.717) is 18.4 Å². The summed E-state index contributed by atoms with van der Waals surface area (Å²) in [5, 5.41) is 0. The third kappa shape index (κ3) is 6.25. The first-order chi connectivity index (χ1) is 14.2. The molecule has 0 spiro atoms. The van der Waals surface area contributed by atoms with E-state index in [-0.39, 0.29) is 5.82 Å². The van der Waals surface area contributed by atoms with Crippen molar-refractivity contribution in [3.63, 3.8) is 0 Å². The van der Waals surface area contributed by atoms with Gasteiger partial charge < -0.3 is 0 Å². The van der Waals surface area contributed by atoms with Crippen LogP contribution in [0.15, 0.2) is 84.9 Å². The maximum absolute atomic E-state index is 14.4. The molecule has 148 valence electrons. The monoisotopic (exact) mass is 388 g/mol. The highest BCUT2D eigenvalue weighted by Crippen LogP contribution is 2.22. The van der Waals surface area contributed by atoms with E-state index in [2.05, 4.69) is 0 Å². The quantitative estimate of drug-likeness (QED) is 0.273. The van der Waals surface area contributed by atoms with Gasteiger partial charge in [-0.3, -0.25) is 0 Å². The molecule has 0 aliphatic rings. The molecule has 0 N–H and O–H groups in total. The molecule has 0 radical (unpaired) electrons. The molecular formula is C27H26F2. The zero-order valence-corrected chi connectivity index (χ0v) is 16.7. The predicted molar refractivity (Wildman–Crippen MR) is 119 cm³/mol. The van der Waals surface area contributed by atoms with Crippen molar-refractivity contribution in [1.82, 2.24) is 0 Å². The van der Waals surface area contributed by atoms with Gasteiger partial charge in [0.2, 0.25) is 0 Å². The summed E-state index contributed by atoms with van der Waals surface area (Å²) in [6, 6.07) is 22.4. The third-order valence-corrected chi connectivity index (χ3v) is 4.92. The second-order valence-electron chi connectivity index (χ2n) is 7.12. The van der Waals surface area contributed by atoms with Crippen LogP contribution >= 0.6 is 0 Å². The topological polar surface area (TPSA) is 0 Å². The fourth-order valence-corrected chi connectivity index (χ4v) is 3.22. The van der Waals surface area contributed by atoms with E-state index in [1.807, 2.05) is 98.0 Å². The van der Waals surface area contributed by atoms with Crippen LogP contribution < -0.4 is 0 Å². The zero-order chi connectivity index (χ0) is 20.5. The minimum absolute atomic E-state index is 0.165. The van der Waals surface area contributed by atoms with Crippen molar-refractivity contribution in [2.24, 2.45) is 0 Å². The fourth-order valence-electron chi connectivity index (χ4n) is 3.22. The lowest BCUT2D eigenvalue weighted by atomic mass is 10.0. The second-order valence-corrected chi connectivity index (χ2v) is 7.12. The fraction of sp³-hybridized carbons (Fsp3) is 0.185. The lowest BCUT2D eigenvalue weighted by Gasteiger charge is -2.08. The molecule has 0 nitrogen and oxygen atoms in total. The molecule has 3 aromatic carbocycles. The summed E-state index contributed by atoms with van der Waals surface area (Å²) < 4.78 is 28.6. The van der Waals surface area contributed by atoms with Gasteiger partial charge in [-0.05, 0) is 53.6 Å². The molecule has 0 unspecified atom stereocenters. The number of hydrogen-bond acceptors (Lipinski definition) is 0. The minimum atomic E-state index is -1.01. The van der Waals surface area contributed by atoms with Crippen molar-refractivity contribution in [1.29, 1.82) is 0 Å². The summed E-state index contributed by atoms with van der Waals surface area (Å²) in [6.07, 6.45) is 8.77. The lowest BCUT2D eigenvalue weighted by Crippen LogP contribution is -1.96. The van der Waals surface area contributed by atoms with Crippen LogP contribution in [0.2, 0.25) is 0 Å². The minimum Gasteiger partial charge on any atom is -0.242 e. The molecule has 0 aliphatic heterocycles. The van der Waals surface area contributed by atoms with E-state index in [1.165, 1.54) is 0 Å². The first-order valence-electron chi connectivity index (χ1n) is 10.0. The van der Waals surface area contributed by atoms with Crippen LogP contribution in [0.3, 0.4) is 0 Å². The van der Waals surface area contributed by atoms with Gasteiger partial charge in [0.05, 0.1) is 0 Å². The van der Waals surface area contributed by atoms with E-state index >= 15 is 0 Å². The number of halogens is 2. The smallest absolute Gasteiger partial charge is 0.129 e. The van der Waals surface area contributed by atoms with Gasteiger partial charge in [-0.15, -0.1) is 0 Å². The summed E-state index contributed by atoms with van der Waals surface area (Å²) >= 11 is 0. The third-order valence-electron chi connectivity index (χ3n) is 4.92. The Bertz CT molecular complexity index is 954. The molecule has 1 atom stereocenters. The van der Waals surface area contributed by atoms with E-state index < -0.39 is 6.17 Å². The Labute approximate surface area is 172 Å². The first-order valence-corrected chi connectivity index (χ1v) is 10.0. The van der Waals surface area contributed by atoms with Gasteiger partial charge in [-0.25, -0.2) is 8.78 Å². The van der Waals surface area contributed by atoms with E-state index in [4.69, 9.17) is 0 Å². The van der Waals surface area contributed by atoms with Crippen molar-refractivity contribution in [2.75, 3.05) is 0 Å². The number of rotatable bonds is 8. The molecule has 0 saturated carbocycles. The SMILES string of the molecule is C/C=C/CCc1ccc(C=Cc2ccc(C[C@H](F)c3ccccc3)cc2)cc1F. The molecule has 2 heteroatoms. The summed E-state index contributed by atoms with van der Waals surface area (Å²) in [5.41, 5.74) is 4.22. The predicted octanol–water partition coefficient (Wildman–Crippen LogP) is 7.76. The average molecular weight is 389 g/mol. The lowest BCUT2D eigenvalue weighted by molar-refractivity contribution is 0.342. The maximum Gasteiger partial charge on any atom is 0.129 e. The Morgan fingerprint density at radius 2 is 1.55 bits per heavy atom. The molecule has 0 saturated heterocycles. The highest BCUT2D eigenvalue weighted by atomic mass is 19.1. The van der Waals surface area contributed by atoms with Crippen molar-refractivity contribution in [2.45, 2.75) is 32.4 Å². The molecule has 0 bridgehead atoms. The molecule has 0 fully saturated rings.